The molecule has 0 unspecified atom stereocenters. The third kappa shape index (κ3) is 5.30. The predicted octanol–water partition coefficient (Wildman–Crippen LogP) is 8.69. The van der Waals surface area contributed by atoms with E-state index < -0.39 is 0 Å². The number of oxazole rings is 1. The summed E-state index contributed by atoms with van der Waals surface area (Å²) in [5.41, 5.74) is 8.90. The van der Waals surface area contributed by atoms with Crippen LogP contribution in [0.2, 0.25) is 0 Å². The van der Waals surface area contributed by atoms with Gasteiger partial charge in [-0.1, -0.05) is 92.6 Å². The van der Waals surface area contributed by atoms with Crippen LogP contribution < -0.4 is 0 Å². The molecule has 0 saturated heterocycles. The van der Waals surface area contributed by atoms with Gasteiger partial charge in [-0.15, -0.1) is 29.3 Å². The number of rotatable bonds is 4. The quantitative estimate of drug-likeness (QED) is 0.188. The fourth-order valence-electron chi connectivity index (χ4n) is 4.61. The molecule has 0 atom stereocenters. The normalized spacial score (nSPS) is 11.4. The summed E-state index contributed by atoms with van der Waals surface area (Å²) in [5, 5.41) is 10.4. The van der Waals surface area contributed by atoms with Gasteiger partial charge in [0.2, 0.25) is 5.89 Å². The number of hydrogen-bond acceptors (Lipinski definition) is 4. The van der Waals surface area contributed by atoms with Crippen LogP contribution in [0.3, 0.4) is 0 Å². The van der Waals surface area contributed by atoms with E-state index in [-0.39, 0.29) is 32.2 Å². The first-order valence-corrected chi connectivity index (χ1v) is 12.6. The van der Waals surface area contributed by atoms with E-state index >= 15 is 0 Å². The molecule has 0 bridgehead atoms. The average molecular weight is 691 g/mol. The zero-order chi connectivity index (χ0) is 26.3. The van der Waals surface area contributed by atoms with Crippen molar-refractivity contribution in [2.45, 2.75) is 26.2 Å². The van der Waals surface area contributed by atoms with E-state index in [1.807, 2.05) is 54.7 Å². The monoisotopic (exact) mass is 690 g/mol. The average Bonchev–Trinajstić information content (AvgIpc) is 3.37. The molecule has 5 heteroatoms. The van der Waals surface area contributed by atoms with E-state index in [4.69, 9.17) is 14.4 Å². The van der Waals surface area contributed by atoms with Gasteiger partial charge in [-0.2, -0.15) is 0 Å². The molecule has 2 heterocycles. The second kappa shape index (κ2) is 10.6. The van der Waals surface area contributed by atoms with Gasteiger partial charge in [0, 0.05) is 33.0 Å². The van der Waals surface area contributed by atoms with Crippen LogP contribution in [0.4, 0.5) is 0 Å². The maximum Gasteiger partial charge on any atom is 0.230 e. The molecule has 0 aliphatic carbocycles. The molecule has 4 nitrogen and oxygen atoms in total. The molecule has 6 aromatic rings. The van der Waals surface area contributed by atoms with Crippen molar-refractivity contribution in [3.63, 3.8) is 0 Å². The Labute approximate surface area is 242 Å². The molecule has 0 saturated carbocycles. The van der Waals surface area contributed by atoms with E-state index in [0.717, 1.165) is 39.0 Å². The minimum atomic E-state index is -0.0889. The summed E-state index contributed by atoms with van der Waals surface area (Å²) >= 11 is 0. The first kappa shape index (κ1) is 26.6. The van der Waals surface area contributed by atoms with Crippen LogP contribution in [0.15, 0.2) is 108 Å². The zero-order valence-electron chi connectivity index (χ0n) is 21.9. The van der Waals surface area contributed by atoms with Crippen LogP contribution in [-0.4, -0.2) is 15.1 Å². The molecule has 6 rings (SSSR count). The first-order chi connectivity index (χ1) is 18.4. The smallest absolute Gasteiger partial charge is 0.230 e. The fourth-order valence-corrected chi connectivity index (χ4v) is 4.61. The molecule has 4 aromatic carbocycles. The van der Waals surface area contributed by atoms with Crippen LogP contribution in [0, 0.1) is 6.07 Å². The van der Waals surface area contributed by atoms with Gasteiger partial charge in [-0.25, -0.2) is 4.98 Å². The van der Waals surface area contributed by atoms with Crippen LogP contribution in [0.25, 0.3) is 56.1 Å². The number of nitrogens with zero attached hydrogens (tertiary/aromatic N) is 2. The maximum absolute atomic E-state index is 10.4. The Morgan fingerprint density at radius 3 is 2.23 bits per heavy atom. The Morgan fingerprint density at radius 1 is 0.744 bits per heavy atom. The van der Waals surface area contributed by atoms with Crippen molar-refractivity contribution in [2.24, 2.45) is 0 Å². The van der Waals surface area contributed by atoms with Gasteiger partial charge in [0.05, 0.1) is 11.1 Å². The molecular formula is C34H27N2O2Pt-. The summed E-state index contributed by atoms with van der Waals surface area (Å²) < 4.78 is 6.08. The van der Waals surface area contributed by atoms with Crippen molar-refractivity contribution in [1.29, 1.82) is 0 Å². The van der Waals surface area contributed by atoms with Crippen molar-refractivity contribution < 1.29 is 30.6 Å². The summed E-state index contributed by atoms with van der Waals surface area (Å²) in [4.78, 5) is 9.52. The molecular weight excluding hydrogens is 663 g/mol. The number of pyridine rings is 1. The van der Waals surface area contributed by atoms with Gasteiger partial charge in [0.25, 0.3) is 0 Å². The summed E-state index contributed by atoms with van der Waals surface area (Å²) in [6.07, 6.45) is 1.85. The van der Waals surface area contributed by atoms with E-state index in [2.05, 4.69) is 57.2 Å². The summed E-state index contributed by atoms with van der Waals surface area (Å²) in [6.45, 7) is 6.62. The number of phenols is 1. The number of phenolic OH excluding ortho intramolecular Hbond substituents is 1. The SMILES string of the molecule is CC(C)(C)c1cc(-c2cc(-c3ccccc3)ccn2)[c-]c(-c2cccc3oc(-c4ccccc4O)nc23)c1.[Pt]. The van der Waals surface area contributed by atoms with Crippen LogP contribution in [-0.2, 0) is 26.5 Å². The Kier molecular flexibility index (Phi) is 7.25. The molecule has 0 amide bonds. The molecule has 0 aliphatic heterocycles. The van der Waals surface area contributed by atoms with E-state index in [0.29, 0.717) is 17.0 Å². The van der Waals surface area contributed by atoms with E-state index in [1.165, 1.54) is 5.56 Å². The van der Waals surface area contributed by atoms with Crippen molar-refractivity contribution in [2.75, 3.05) is 0 Å². The fraction of sp³-hybridized carbons (Fsp3) is 0.118. The van der Waals surface area contributed by atoms with Gasteiger partial charge in [-0.05, 0) is 40.8 Å². The second-order valence-electron chi connectivity index (χ2n) is 10.4. The largest absolute Gasteiger partial charge is 0.507 e. The van der Waals surface area contributed by atoms with Gasteiger partial charge < -0.3 is 9.52 Å². The molecule has 0 radical (unpaired) electrons. The third-order valence-corrected chi connectivity index (χ3v) is 6.72. The van der Waals surface area contributed by atoms with Crippen LogP contribution >= 0.6 is 0 Å². The Morgan fingerprint density at radius 2 is 1.46 bits per heavy atom. The number of para-hydroxylation sites is 2. The Bertz CT molecular complexity index is 1770. The number of aromatic hydroxyl groups is 1. The molecule has 2 aromatic heterocycles. The standard InChI is InChI=1S/C34H27N2O2.Pt/c1-34(2,3)26-19-24(18-25(20-26)29-21-23(16-17-35-29)22-10-5-4-6-11-22)27-13-9-15-31-32(27)36-33(38-31)28-12-7-8-14-30(28)37;/h4-17,19-21,37H,1-3H3;/q-1;. The predicted molar refractivity (Wildman–Crippen MR) is 153 cm³/mol. The molecule has 196 valence electrons. The van der Waals surface area contributed by atoms with Gasteiger partial charge >= 0.3 is 0 Å². The second-order valence-corrected chi connectivity index (χ2v) is 10.4. The Balaban J connectivity index is 0.00000308. The number of aromatic nitrogens is 2. The summed E-state index contributed by atoms with van der Waals surface area (Å²) in [5.74, 6) is 0.517. The first-order valence-electron chi connectivity index (χ1n) is 12.6. The molecule has 1 N–H and O–H groups in total. The minimum absolute atomic E-state index is 0. The third-order valence-electron chi connectivity index (χ3n) is 6.72. The van der Waals surface area contributed by atoms with Crippen LogP contribution in [0.1, 0.15) is 26.3 Å². The molecule has 0 fully saturated rings. The molecule has 39 heavy (non-hydrogen) atoms. The summed E-state index contributed by atoms with van der Waals surface area (Å²) in [6, 6.07) is 35.4. The van der Waals surface area contributed by atoms with Gasteiger partial charge in [0.15, 0.2) is 0 Å². The molecule has 0 aliphatic rings. The van der Waals surface area contributed by atoms with Crippen molar-refractivity contribution in [3.8, 4) is 50.7 Å². The summed E-state index contributed by atoms with van der Waals surface area (Å²) in [7, 11) is 0. The topological polar surface area (TPSA) is 59.2 Å². The van der Waals surface area contributed by atoms with Gasteiger partial charge in [0.1, 0.15) is 11.3 Å². The number of fused-ring (bicyclic) bond motifs is 1. The molecule has 0 spiro atoms. The van der Waals surface area contributed by atoms with E-state index in [9.17, 15) is 5.11 Å². The van der Waals surface area contributed by atoms with Crippen LogP contribution in [0.5, 0.6) is 5.75 Å². The maximum atomic E-state index is 10.4. The van der Waals surface area contributed by atoms with Gasteiger partial charge in [-0.3, -0.25) is 4.98 Å². The number of hydrogen-bond donors (Lipinski definition) is 1. The Hall–Kier alpha value is -4.01. The zero-order valence-corrected chi connectivity index (χ0v) is 24.2. The number of benzene rings is 4. The van der Waals surface area contributed by atoms with Crippen molar-refractivity contribution >= 4 is 11.1 Å². The van der Waals surface area contributed by atoms with E-state index in [1.54, 1.807) is 18.2 Å². The van der Waals surface area contributed by atoms with Crippen molar-refractivity contribution in [3.05, 3.63) is 115 Å². The minimum Gasteiger partial charge on any atom is -0.507 e. The van der Waals surface area contributed by atoms with Crippen molar-refractivity contribution in [1.82, 2.24) is 9.97 Å².